The van der Waals surface area contributed by atoms with E-state index in [4.69, 9.17) is 0 Å². The van der Waals surface area contributed by atoms with Crippen LogP contribution in [0.1, 0.15) is 25.2 Å². The van der Waals surface area contributed by atoms with Crippen LogP contribution in [0.2, 0.25) is 0 Å². The first-order valence-corrected chi connectivity index (χ1v) is 10.5. The first-order chi connectivity index (χ1) is 17.4. The minimum atomic E-state index is -1.43. The van der Waals surface area contributed by atoms with Gasteiger partial charge in [-0.15, -0.1) is 24.3 Å². The number of nitro benzene ring substituents is 2. The van der Waals surface area contributed by atoms with Crippen LogP contribution in [-0.4, -0.2) is 19.8 Å². The van der Waals surface area contributed by atoms with Crippen LogP contribution in [0.5, 0.6) is 0 Å². The molecule has 0 bridgehead atoms. The van der Waals surface area contributed by atoms with Gasteiger partial charge in [0.15, 0.2) is 0 Å². The van der Waals surface area contributed by atoms with Crippen LogP contribution >= 0.6 is 0 Å². The fraction of sp³-hybridized carbons (Fsp3) is 0.120. The van der Waals surface area contributed by atoms with E-state index in [1.165, 1.54) is 24.3 Å². The molecule has 0 saturated carbocycles. The molecule has 8 nitrogen and oxygen atoms in total. The second-order valence-electron chi connectivity index (χ2n) is 8.30. The van der Waals surface area contributed by atoms with Gasteiger partial charge in [-0.25, -0.2) is 0 Å². The van der Waals surface area contributed by atoms with Crippen molar-refractivity contribution in [1.29, 1.82) is 0 Å². The molecule has 38 heavy (non-hydrogen) atoms. The zero-order valence-electron chi connectivity index (χ0n) is 19.4. The Morgan fingerprint density at radius 2 is 1.11 bits per heavy atom. The van der Waals surface area contributed by atoms with E-state index in [-0.39, 0.29) is 32.5 Å². The Balaban J connectivity index is 0.00000400. The summed E-state index contributed by atoms with van der Waals surface area (Å²) in [6, 6.07) is 14.8. The fourth-order valence-corrected chi connectivity index (χ4v) is 3.66. The van der Waals surface area contributed by atoms with Crippen molar-refractivity contribution in [2.45, 2.75) is 19.3 Å². The number of halogens is 4. The van der Waals surface area contributed by atoms with Crippen molar-refractivity contribution in [3.05, 3.63) is 116 Å². The summed E-state index contributed by atoms with van der Waals surface area (Å²) in [5.41, 5.74) is -4.02. The minimum Gasteiger partial charge on any atom is -0.300 e. The summed E-state index contributed by atoms with van der Waals surface area (Å²) in [4.78, 5) is 28.6. The predicted molar refractivity (Wildman–Crippen MR) is 122 cm³/mol. The molecule has 2 aromatic carbocycles. The van der Waals surface area contributed by atoms with Crippen molar-refractivity contribution >= 4 is 11.4 Å². The molecule has 0 aliphatic rings. The topological polar surface area (TPSA) is 112 Å². The van der Waals surface area contributed by atoms with E-state index >= 15 is 0 Å². The van der Waals surface area contributed by atoms with Crippen molar-refractivity contribution in [3.63, 3.8) is 0 Å². The van der Waals surface area contributed by atoms with Gasteiger partial charge < -0.3 is 9.97 Å². The van der Waals surface area contributed by atoms with Crippen LogP contribution in [0.3, 0.4) is 0 Å². The molecule has 0 atom stereocenters. The average Bonchev–Trinajstić information content (AvgIpc) is 2.84. The van der Waals surface area contributed by atoms with Crippen molar-refractivity contribution in [2.24, 2.45) is 0 Å². The quantitative estimate of drug-likeness (QED) is 0.104. The van der Waals surface area contributed by atoms with Gasteiger partial charge in [0, 0.05) is 26.6 Å². The van der Waals surface area contributed by atoms with Gasteiger partial charge in [-0.2, -0.15) is 0 Å². The van der Waals surface area contributed by atoms with Gasteiger partial charge >= 0.3 is 21.1 Å². The van der Waals surface area contributed by atoms with Gasteiger partial charge in [-0.1, -0.05) is 35.4 Å². The van der Waals surface area contributed by atoms with E-state index in [1.807, 2.05) is 0 Å². The summed E-state index contributed by atoms with van der Waals surface area (Å²) in [5, 5.41) is 22.2. The normalized spacial score (nSPS) is 11.1. The van der Waals surface area contributed by atoms with E-state index in [2.05, 4.69) is 22.1 Å². The van der Waals surface area contributed by atoms with E-state index in [0.29, 0.717) is 23.5 Å². The van der Waals surface area contributed by atoms with E-state index in [0.717, 1.165) is 0 Å². The van der Waals surface area contributed by atoms with Crippen molar-refractivity contribution in [3.8, 4) is 22.5 Å². The first kappa shape index (κ1) is 28.5. The second-order valence-corrected chi connectivity index (χ2v) is 8.30. The molecule has 13 heteroatoms. The third-order valence-electron chi connectivity index (χ3n) is 5.65. The molecule has 0 saturated heterocycles. The third kappa shape index (κ3) is 5.04. The molecule has 0 spiro atoms. The minimum absolute atomic E-state index is 0. The zero-order chi connectivity index (χ0) is 27.1. The summed E-state index contributed by atoms with van der Waals surface area (Å²) in [6.07, 6.45) is 0. The van der Waals surface area contributed by atoms with Crippen LogP contribution < -0.4 is 0 Å². The maximum Gasteiger partial charge on any atom is 2.00 e. The van der Waals surface area contributed by atoms with Crippen LogP contribution in [-0.2, 0) is 26.5 Å². The van der Waals surface area contributed by atoms with Crippen LogP contribution in [0.15, 0.2) is 48.5 Å². The number of rotatable bonds is 6. The van der Waals surface area contributed by atoms with Crippen LogP contribution in [0.4, 0.5) is 28.9 Å². The standard InChI is InChI=1S/C25H14F4N4O4.Pt/c1-25(2,19-7-3-5-17(30-19)13-9-11-15(26)23(21(13)28)32(34)35)20-8-4-6-18(31-20)14-10-12-16(27)24(22(14)29)33(36)37;/h3-8,11-12H,1-2H3;/q-2;+2. The molecule has 4 aromatic rings. The van der Waals surface area contributed by atoms with E-state index in [9.17, 15) is 37.8 Å². The Labute approximate surface area is 226 Å². The largest absolute Gasteiger partial charge is 2.00 e. The molecule has 2 heterocycles. The monoisotopic (exact) mass is 705 g/mol. The Bertz CT molecular complexity index is 1470. The van der Waals surface area contributed by atoms with Crippen LogP contribution in [0, 0.1) is 55.6 Å². The third-order valence-corrected chi connectivity index (χ3v) is 5.65. The molecule has 0 radical (unpaired) electrons. The number of hydrogen-bond donors (Lipinski definition) is 0. The van der Waals surface area contributed by atoms with Gasteiger partial charge in [0.05, 0.1) is 0 Å². The van der Waals surface area contributed by atoms with Gasteiger partial charge in [-0.3, -0.25) is 37.8 Å². The molecule has 0 N–H and O–H groups in total. The summed E-state index contributed by atoms with van der Waals surface area (Å²) in [6.45, 7) is 3.37. The zero-order valence-corrected chi connectivity index (χ0v) is 21.6. The molecule has 2 aromatic heterocycles. The summed E-state index contributed by atoms with van der Waals surface area (Å²) in [5.74, 6) is -5.63. The van der Waals surface area contributed by atoms with Crippen LogP contribution in [0.25, 0.3) is 22.5 Å². The van der Waals surface area contributed by atoms with Gasteiger partial charge in [-0.05, 0) is 37.4 Å². The summed E-state index contributed by atoms with van der Waals surface area (Å²) >= 11 is 0. The number of nitro groups is 2. The number of hydrogen-bond acceptors (Lipinski definition) is 6. The average molecular weight is 705 g/mol. The van der Waals surface area contributed by atoms with Gasteiger partial charge in [0.25, 0.3) is 11.4 Å². The Morgan fingerprint density at radius 3 is 1.45 bits per heavy atom. The number of nitrogens with zero attached hydrogens (tertiary/aromatic N) is 4. The molecule has 0 amide bonds. The molecule has 0 unspecified atom stereocenters. The molecule has 0 aliphatic heterocycles. The molecule has 0 aliphatic carbocycles. The number of benzene rings is 2. The maximum absolute atomic E-state index is 14.7. The van der Waals surface area contributed by atoms with E-state index in [1.54, 1.807) is 26.0 Å². The predicted octanol–water partition coefficient (Wildman–Crippen LogP) is 6.11. The summed E-state index contributed by atoms with van der Waals surface area (Å²) < 4.78 is 57.0. The number of aromatic nitrogens is 2. The molecule has 0 fully saturated rings. The summed E-state index contributed by atoms with van der Waals surface area (Å²) in [7, 11) is 0. The van der Waals surface area contributed by atoms with Crippen molar-refractivity contribution in [1.82, 2.24) is 9.97 Å². The van der Waals surface area contributed by atoms with Gasteiger partial charge in [0.2, 0.25) is 0 Å². The first-order valence-electron chi connectivity index (χ1n) is 10.5. The second kappa shape index (κ2) is 10.7. The Morgan fingerprint density at radius 1 is 0.737 bits per heavy atom. The maximum atomic E-state index is 14.7. The van der Waals surface area contributed by atoms with Gasteiger partial charge in [0.1, 0.15) is 23.3 Å². The Hall–Kier alpha value is -4.05. The molecule has 196 valence electrons. The fourth-order valence-electron chi connectivity index (χ4n) is 3.66. The Kier molecular flexibility index (Phi) is 8.06. The van der Waals surface area contributed by atoms with E-state index < -0.39 is 61.0 Å². The molecular formula is C25H14F4N4O4Pt. The molecular weight excluding hydrogens is 691 g/mol. The SMILES string of the molecule is CC(C)(c1cccc(-c2[c-]cc(F)c([N+](=O)[O-])c2F)n1)c1cccc(-c2[c-]cc(F)c([N+](=O)[O-])c2F)n1.[Pt+2]. The van der Waals surface area contributed by atoms with Crippen molar-refractivity contribution in [2.75, 3.05) is 0 Å². The number of pyridine rings is 2. The smallest absolute Gasteiger partial charge is 0.300 e. The van der Waals surface area contributed by atoms with Crippen molar-refractivity contribution < 1.29 is 48.5 Å². The molecule has 4 rings (SSSR count).